The van der Waals surface area contributed by atoms with Crippen molar-refractivity contribution in [1.82, 2.24) is 9.55 Å². The number of aryl methyl sites for hydroxylation is 3. The van der Waals surface area contributed by atoms with Gasteiger partial charge in [-0.3, -0.25) is 4.79 Å². The number of nitrogens with zero attached hydrogens (tertiary/aromatic N) is 2. The van der Waals surface area contributed by atoms with Crippen LogP contribution in [-0.4, -0.2) is 34.9 Å². The molecule has 0 atom stereocenters. The number of ether oxygens (including phenoxy) is 1. The van der Waals surface area contributed by atoms with E-state index in [2.05, 4.69) is 14.9 Å². The first kappa shape index (κ1) is 18.5. The van der Waals surface area contributed by atoms with Crippen molar-refractivity contribution in [3.8, 4) is 0 Å². The first-order chi connectivity index (χ1) is 11.4. The Labute approximate surface area is 147 Å². The normalized spacial score (nSPS) is 10.9. The van der Waals surface area contributed by atoms with Crippen LogP contribution in [0.15, 0.2) is 23.4 Å². The second-order valence-corrected chi connectivity index (χ2v) is 6.76. The maximum absolute atomic E-state index is 12.3. The highest BCUT2D eigenvalue weighted by Gasteiger charge is 2.14. The molecule has 1 heterocycles. The smallest absolute Gasteiger partial charge is 0.234 e. The second-order valence-electron chi connectivity index (χ2n) is 5.81. The predicted octanol–water partition coefficient (Wildman–Crippen LogP) is 3.49. The number of benzene rings is 1. The van der Waals surface area contributed by atoms with Gasteiger partial charge in [0, 0.05) is 25.0 Å². The zero-order valence-corrected chi connectivity index (χ0v) is 15.8. The Bertz CT molecular complexity index is 705. The molecule has 0 aliphatic rings. The Morgan fingerprint density at radius 1 is 1.25 bits per heavy atom. The van der Waals surface area contributed by atoms with Crippen molar-refractivity contribution in [2.45, 2.75) is 39.4 Å². The minimum atomic E-state index is -0.0194. The molecule has 0 spiro atoms. The minimum Gasteiger partial charge on any atom is -0.383 e. The van der Waals surface area contributed by atoms with Crippen LogP contribution in [0.5, 0.6) is 0 Å². The maximum atomic E-state index is 12.3. The first-order valence-electron chi connectivity index (χ1n) is 7.95. The number of anilines is 1. The Kier molecular flexibility index (Phi) is 6.45. The van der Waals surface area contributed by atoms with E-state index in [9.17, 15) is 4.79 Å². The molecular weight excluding hydrogens is 322 g/mol. The topological polar surface area (TPSA) is 56.1 Å². The highest BCUT2D eigenvalue weighted by atomic mass is 32.2. The lowest BCUT2D eigenvalue weighted by atomic mass is 10.1. The van der Waals surface area contributed by atoms with Crippen LogP contribution in [-0.2, 0) is 16.1 Å². The van der Waals surface area contributed by atoms with Crippen molar-refractivity contribution >= 4 is 23.4 Å². The average molecular weight is 347 g/mol. The van der Waals surface area contributed by atoms with Crippen molar-refractivity contribution in [3.05, 3.63) is 40.7 Å². The van der Waals surface area contributed by atoms with Gasteiger partial charge in [0.15, 0.2) is 5.16 Å². The lowest BCUT2D eigenvalue weighted by Crippen LogP contribution is -2.16. The molecular formula is C18H25N3O2S. The number of thioether (sulfide) groups is 1. The molecule has 0 radical (unpaired) electrons. The number of hydrogen-bond donors (Lipinski definition) is 1. The van der Waals surface area contributed by atoms with Crippen LogP contribution in [0, 0.1) is 27.7 Å². The molecule has 1 N–H and O–H groups in total. The van der Waals surface area contributed by atoms with Crippen molar-refractivity contribution in [2.24, 2.45) is 0 Å². The van der Waals surface area contributed by atoms with E-state index >= 15 is 0 Å². The van der Waals surface area contributed by atoms with Gasteiger partial charge in [-0.05, 0) is 38.8 Å². The number of imidazole rings is 1. The average Bonchev–Trinajstić information content (AvgIpc) is 2.81. The highest BCUT2D eigenvalue weighted by molar-refractivity contribution is 7.99. The second kappa shape index (κ2) is 8.35. The zero-order valence-electron chi connectivity index (χ0n) is 15.0. The van der Waals surface area contributed by atoms with Gasteiger partial charge in [0.1, 0.15) is 0 Å². The van der Waals surface area contributed by atoms with Crippen LogP contribution >= 0.6 is 11.8 Å². The Morgan fingerprint density at radius 3 is 2.54 bits per heavy atom. The summed E-state index contributed by atoms with van der Waals surface area (Å²) in [6, 6.07) is 5.99. The summed E-state index contributed by atoms with van der Waals surface area (Å²) < 4.78 is 7.27. The largest absolute Gasteiger partial charge is 0.383 e. The van der Waals surface area contributed by atoms with Crippen LogP contribution in [0.25, 0.3) is 0 Å². The number of hydrogen-bond acceptors (Lipinski definition) is 4. The third kappa shape index (κ3) is 4.39. The lowest BCUT2D eigenvalue weighted by molar-refractivity contribution is -0.113. The van der Waals surface area contributed by atoms with Crippen molar-refractivity contribution in [3.63, 3.8) is 0 Å². The summed E-state index contributed by atoms with van der Waals surface area (Å²) in [5, 5.41) is 3.87. The van der Waals surface area contributed by atoms with E-state index in [-0.39, 0.29) is 5.91 Å². The molecule has 6 heteroatoms. The number of methoxy groups -OCH3 is 1. The van der Waals surface area contributed by atoms with Gasteiger partial charge in [0.2, 0.25) is 5.91 Å². The number of carbonyl (C=O) groups is 1. The van der Waals surface area contributed by atoms with Crippen LogP contribution in [0.1, 0.15) is 22.5 Å². The van der Waals surface area contributed by atoms with Crippen molar-refractivity contribution in [2.75, 3.05) is 24.8 Å². The summed E-state index contributed by atoms with van der Waals surface area (Å²) in [6.45, 7) is 9.39. The zero-order chi connectivity index (χ0) is 17.7. The van der Waals surface area contributed by atoms with Gasteiger partial charge in [-0.15, -0.1) is 0 Å². The Morgan fingerprint density at radius 2 is 1.92 bits per heavy atom. The fourth-order valence-electron chi connectivity index (χ4n) is 2.50. The third-order valence-electron chi connectivity index (χ3n) is 4.02. The van der Waals surface area contributed by atoms with Gasteiger partial charge < -0.3 is 14.6 Å². The predicted molar refractivity (Wildman–Crippen MR) is 98.8 cm³/mol. The number of amides is 1. The molecule has 0 fully saturated rings. The molecule has 0 aliphatic heterocycles. The quantitative estimate of drug-likeness (QED) is 0.779. The molecule has 0 unspecified atom stereocenters. The number of rotatable bonds is 7. The first-order valence-corrected chi connectivity index (χ1v) is 8.94. The van der Waals surface area contributed by atoms with Gasteiger partial charge in [-0.25, -0.2) is 4.98 Å². The molecule has 0 saturated heterocycles. The number of carbonyl (C=O) groups excluding carboxylic acids is 1. The molecule has 2 aromatic rings. The van der Waals surface area contributed by atoms with E-state index in [1.54, 1.807) is 7.11 Å². The molecule has 1 aromatic heterocycles. The third-order valence-corrected chi connectivity index (χ3v) is 5.00. The summed E-state index contributed by atoms with van der Waals surface area (Å²) in [7, 11) is 1.68. The summed E-state index contributed by atoms with van der Waals surface area (Å²) >= 11 is 1.46. The summed E-state index contributed by atoms with van der Waals surface area (Å²) in [6.07, 6.45) is 0. The molecule has 130 valence electrons. The number of aromatic nitrogens is 2. The fraction of sp³-hybridized carbons (Fsp3) is 0.444. The van der Waals surface area contributed by atoms with Crippen LogP contribution in [0.3, 0.4) is 0 Å². The molecule has 2 rings (SSSR count). The van der Waals surface area contributed by atoms with E-state index in [0.717, 1.165) is 39.9 Å². The van der Waals surface area contributed by atoms with Crippen LogP contribution in [0.2, 0.25) is 0 Å². The van der Waals surface area contributed by atoms with Crippen LogP contribution in [0.4, 0.5) is 5.69 Å². The Hall–Kier alpha value is -1.79. The van der Waals surface area contributed by atoms with Crippen LogP contribution < -0.4 is 5.32 Å². The van der Waals surface area contributed by atoms with E-state index < -0.39 is 0 Å². The lowest BCUT2D eigenvalue weighted by Gasteiger charge is -2.12. The summed E-state index contributed by atoms with van der Waals surface area (Å²) in [5.41, 5.74) is 5.15. The molecule has 1 aromatic carbocycles. The van der Waals surface area contributed by atoms with Gasteiger partial charge in [0.25, 0.3) is 0 Å². The summed E-state index contributed by atoms with van der Waals surface area (Å²) in [4.78, 5) is 16.9. The van der Waals surface area contributed by atoms with E-state index in [0.29, 0.717) is 12.4 Å². The maximum Gasteiger partial charge on any atom is 0.234 e. The van der Waals surface area contributed by atoms with E-state index in [1.807, 2.05) is 45.9 Å². The van der Waals surface area contributed by atoms with Gasteiger partial charge >= 0.3 is 0 Å². The molecule has 0 saturated carbocycles. The van der Waals surface area contributed by atoms with E-state index in [4.69, 9.17) is 4.74 Å². The number of para-hydroxylation sites is 1. The highest BCUT2D eigenvalue weighted by Crippen LogP contribution is 2.23. The van der Waals surface area contributed by atoms with Gasteiger partial charge in [-0.2, -0.15) is 0 Å². The SMILES string of the molecule is COCCn1c(SCC(=O)Nc2c(C)cccc2C)nc(C)c1C. The molecule has 0 aliphatic carbocycles. The van der Waals surface area contributed by atoms with Crippen molar-refractivity contribution in [1.29, 1.82) is 0 Å². The fourth-order valence-corrected chi connectivity index (χ4v) is 3.41. The minimum absolute atomic E-state index is 0.0194. The molecule has 24 heavy (non-hydrogen) atoms. The summed E-state index contributed by atoms with van der Waals surface area (Å²) in [5.74, 6) is 0.311. The van der Waals surface area contributed by atoms with Gasteiger partial charge in [0.05, 0.1) is 18.1 Å². The van der Waals surface area contributed by atoms with E-state index in [1.165, 1.54) is 11.8 Å². The van der Waals surface area contributed by atoms with Gasteiger partial charge in [-0.1, -0.05) is 30.0 Å². The monoisotopic (exact) mass is 347 g/mol. The molecule has 1 amide bonds. The van der Waals surface area contributed by atoms with Crippen molar-refractivity contribution < 1.29 is 9.53 Å². The standard InChI is InChI=1S/C18H25N3O2S/c1-12-7-6-8-13(2)17(12)20-16(22)11-24-18-19-14(3)15(4)21(18)9-10-23-5/h6-8H,9-11H2,1-5H3,(H,20,22). The molecule has 5 nitrogen and oxygen atoms in total. The number of nitrogens with one attached hydrogen (secondary N) is 1. The Balaban J connectivity index is 2.03. The molecule has 0 bridgehead atoms.